The number of carbonyl (C=O) groups is 1. The highest BCUT2D eigenvalue weighted by Gasteiger charge is 2.21. The summed E-state index contributed by atoms with van der Waals surface area (Å²) >= 11 is 0. The predicted octanol–water partition coefficient (Wildman–Crippen LogP) is 1.24. The van der Waals surface area contributed by atoms with Gasteiger partial charge in [0.15, 0.2) is 0 Å². The van der Waals surface area contributed by atoms with E-state index in [1.807, 2.05) is 0 Å². The second kappa shape index (κ2) is 4.04. The van der Waals surface area contributed by atoms with Crippen LogP contribution in [-0.2, 0) is 4.79 Å². The first-order valence-electron chi connectivity index (χ1n) is 3.70. The van der Waals surface area contributed by atoms with Crippen LogP contribution in [0.15, 0.2) is 5.29 Å². The van der Waals surface area contributed by atoms with Gasteiger partial charge in [0.1, 0.15) is 0 Å². The van der Waals surface area contributed by atoms with E-state index in [-0.39, 0.29) is 13.0 Å². The molecule has 70 valence electrons. The Labute approximate surface area is 71.3 Å². The lowest BCUT2D eigenvalue weighted by atomic mass is 10.1. The standard InChI is InChI=1S/C7H14N2O3/c1-7(2,3)9(8-12)5-4-6(10)11/h4-5H2,1-3H3,(H,10,11). The van der Waals surface area contributed by atoms with E-state index in [0.29, 0.717) is 0 Å². The Balaban J connectivity index is 4.01. The summed E-state index contributed by atoms with van der Waals surface area (Å²) in [6, 6.07) is 0. The fraction of sp³-hybridized carbons (Fsp3) is 0.857. The molecule has 1 N–H and O–H groups in total. The molecule has 0 aliphatic carbocycles. The van der Waals surface area contributed by atoms with Crippen LogP contribution in [0.4, 0.5) is 0 Å². The molecule has 0 aromatic rings. The second-order valence-electron chi connectivity index (χ2n) is 3.52. The van der Waals surface area contributed by atoms with Crippen molar-refractivity contribution < 1.29 is 9.90 Å². The minimum absolute atomic E-state index is 0.0665. The molecule has 0 aliphatic heterocycles. The first kappa shape index (κ1) is 10.9. The number of carboxylic acids is 1. The second-order valence-corrected chi connectivity index (χ2v) is 3.52. The van der Waals surface area contributed by atoms with Gasteiger partial charge in [0.05, 0.1) is 23.8 Å². The van der Waals surface area contributed by atoms with Crippen LogP contribution in [0.3, 0.4) is 0 Å². The van der Waals surface area contributed by atoms with Gasteiger partial charge in [-0.05, 0) is 20.8 Å². The Morgan fingerprint density at radius 2 is 2.00 bits per heavy atom. The minimum Gasteiger partial charge on any atom is -0.481 e. The predicted molar refractivity (Wildman–Crippen MR) is 44.5 cm³/mol. The zero-order valence-electron chi connectivity index (χ0n) is 7.57. The SMILES string of the molecule is CC(C)(C)N(CCC(=O)O)N=O. The van der Waals surface area contributed by atoms with Crippen molar-refractivity contribution in [1.82, 2.24) is 5.01 Å². The van der Waals surface area contributed by atoms with Gasteiger partial charge in [0, 0.05) is 0 Å². The summed E-state index contributed by atoms with van der Waals surface area (Å²) in [5.41, 5.74) is -0.406. The van der Waals surface area contributed by atoms with Gasteiger partial charge in [-0.1, -0.05) is 0 Å². The molecule has 12 heavy (non-hydrogen) atoms. The topological polar surface area (TPSA) is 70.0 Å². The van der Waals surface area contributed by atoms with Crippen LogP contribution in [0.5, 0.6) is 0 Å². The Hall–Kier alpha value is -1.13. The van der Waals surface area contributed by atoms with Crippen LogP contribution in [0.2, 0.25) is 0 Å². The quantitative estimate of drug-likeness (QED) is 0.514. The number of nitrogens with zero attached hydrogens (tertiary/aromatic N) is 2. The van der Waals surface area contributed by atoms with Gasteiger partial charge in [-0.3, -0.25) is 9.80 Å². The lowest BCUT2D eigenvalue weighted by molar-refractivity contribution is -0.137. The third-order valence-electron chi connectivity index (χ3n) is 1.41. The van der Waals surface area contributed by atoms with E-state index in [4.69, 9.17) is 5.11 Å². The summed E-state index contributed by atoms with van der Waals surface area (Å²) in [7, 11) is 0. The van der Waals surface area contributed by atoms with Crippen molar-refractivity contribution in [3.05, 3.63) is 4.91 Å². The van der Waals surface area contributed by atoms with Crippen LogP contribution in [-0.4, -0.2) is 28.2 Å². The van der Waals surface area contributed by atoms with Gasteiger partial charge in [-0.25, -0.2) is 0 Å². The lowest BCUT2D eigenvalue weighted by Crippen LogP contribution is -2.38. The van der Waals surface area contributed by atoms with Crippen LogP contribution in [0, 0.1) is 4.91 Å². The van der Waals surface area contributed by atoms with Crippen molar-refractivity contribution in [3.8, 4) is 0 Å². The smallest absolute Gasteiger partial charge is 0.305 e. The fourth-order valence-corrected chi connectivity index (χ4v) is 0.700. The number of rotatable bonds is 4. The first-order chi connectivity index (χ1) is 5.38. The zero-order valence-corrected chi connectivity index (χ0v) is 7.57. The van der Waals surface area contributed by atoms with Gasteiger partial charge in [0.2, 0.25) is 0 Å². The monoisotopic (exact) mass is 174 g/mol. The normalized spacial score (nSPS) is 10.9. The maximum absolute atomic E-state index is 10.2. The summed E-state index contributed by atoms with van der Waals surface area (Å²) in [4.78, 5) is 20.4. The third kappa shape index (κ3) is 3.90. The maximum atomic E-state index is 10.2. The van der Waals surface area contributed by atoms with Crippen molar-refractivity contribution in [2.75, 3.05) is 6.54 Å². The Morgan fingerprint density at radius 1 is 1.50 bits per heavy atom. The molecule has 5 heteroatoms. The van der Waals surface area contributed by atoms with Crippen molar-refractivity contribution in [1.29, 1.82) is 0 Å². The molecule has 5 nitrogen and oxygen atoms in total. The summed E-state index contributed by atoms with van der Waals surface area (Å²) < 4.78 is 0. The highest BCUT2D eigenvalue weighted by Crippen LogP contribution is 2.13. The summed E-state index contributed by atoms with van der Waals surface area (Å²) in [5, 5.41) is 12.3. The van der Waals surface area contributed by atoms with Crippen LogP contribution >= 0.6 is 0 Å². The lowest BCUT2D eigenvalue weighted by Gasteiger charge is -2.29. The average molecular weight is 174 g/mol. The maximum Gasteiger partial charge on any atom is 0.305 e. The van der Waals surface area contributed by atoms with E-state index >= 15 is 0 Å². The molecule has 0 amide bonds. The molecule has 0 heterocycles. The first-order valence-corrected chi connectivity index (χ1v) is 3.70. The average Bonchev–Trinajstić information content (AvgIpc) is 1.85. The van der Waals surface area contributed by atoms with Crippen LogP contribution in [0.25, 0.3) is 0 Å². The van der Waals surface area contributed by atoms with Gasteiger partial charge < -0.3 is 5.11 Å². The molecular weight excluding hydrogens is 160 g/mol. The highest BCUT2D eigenvalue weighted by atomic mass is 16.4. The molecule has 0 aromatic carbocycles. The van der Waals surface area contributed by atoms with E-state index in [1.165, 1.54) is 5.01 Å². The van der Waals surface area contributed by atoms with Gasteiger partial charge in [-0.15, -0.1) is 4.91 Å². The largest absolute Gasteiger partial charge is 0.481 e. The van der Waals surface area contributed by atoms with Gasteiger partial charge in [0.25, 0.3) is 0 Å². The van der Waals surface area contributed by atoms with Crippen molar-refractivity contribution in [2.45, 2.75) is 32.7 Å². The zero-order chi connectivity index (χ0) is 9.78. The van der Waals surface area contributed by atoms with E-state index in [9.17, 15) is 9.70 Å². The molecule has 0 radical (unpaired) electrons. The molecule has 0 saturated heterocycles. The Kier molecular flexibility index (Phi) is 3.66. The number of aliphatic carboxylic acids is 1. The van der Waals surface area contributed by atoms with Crippen molar-refractivity contribution in [2.24, 2.45) is 5.29 Å². The number of carboxylic acid groups (broad SMARTS) is 1. The van der Waals surface area contributed by atoms with E-state index in [2.05, 4.69) is 5.29 Å². The fourth-order valence-electron chi connectivity index (χ4n) is 0.700. The van der Waals surface area contributed by atoms with Gasteiger partial charge in [-0.2, -0.15) is 0 Å². The molecule has 0 unspecified atom stereocenters. The van der Waals surface area contributed by atoms with Gasteiger partial charge >= 0.3 is 5.97 Å². The highest BCUT2D eigenvalue weighted by molar-refractivity contribution is 5.66. The number of hydrogen-bond donors (Lipinski definition) is 1. The molecule has 0 fully saturated rings. The molecule has 0 spiro atoms. The summed E-state index contributed by atoms with van der Waals surface area (Å²) in [6.07, 6.45) is -0.0665. The van der Waals surface area contributed by atoms with Crippen LogP contribution < -0.4 is 0 Å². The minimum atomic E-state index is -0.923. The molecule has 0 bridgehead atoms. The van der Waals surface area contributed by atoms with Crippen molar-refractivity contribution >= 4 is 5.97 Å². The number of nitroso groups, excluding NO2 is 1. The van der Waals surface area contributed by atoms with Crippen LogP contribution in [0.1, 0.15) is 27.2 Å². The molecule has 0 atom stereocenters. The van der Waals surface area contributed by atoms with E-state index < -0.39 is 11.5 Å². The Bertz CT molecular complexity index is 174. The molecule has 0 saturated carbocycles. The molecule has 0 aliphatic rings. The van der Waals surface area contributed by atoms with E-state index in [1.54, 1.807) is 20.8 Å². The van der Waals surface area contributed by atoms with E-state index in [0.717, 1.165) is 0 Å². The van der Waals surface area contributed by atoms with Crippen molar-refractivity contribution in [3.63, 3.8) is 0 Å². The summed E-state index contributed by atoms with van der Waals surface area (Å²) in [6.45, 7) is 5.56. The third-order valence-corrected chi connectivity index (χ3v) is 1.41. The molecule has 0 aromatic heterocycles. The molecule has 0 rings (SSSR count). The molecular formula is C7H14N2O3. The number of hydrogen-bond acceptors (Lipinski definition) is 3. The summed E-state index contributed by atoms with van der Waals surface area (Å²) in [5.74, 6) is -0.923. The Morgan fingerprint density at radius 3 is 2.25 bits per heavy atom.